The molecule has 1 saturated carbocycles. The predicted molar refractivity (Wildman–Crippen MR) is 122 cm³/mol. The van der Waals surface area contributed by atoms with Crippen LogP contribution in [-0.4, -0.2) is 12.4 Å². The molecule has 0 atom stereocenters. The van der Waals surface area contributed by atoms with E-state index in [1.807, 2.05) is 12.4 Å². The van der Waals surface area contributed by atoms with Crippen LogP contribution < -0.4 is 0 Å². The lowest BCUT2D eigenvalue weighted by atomic mass is 9.79. The van der Waals surface area contributed by atoms with E-state index in [1.165, 1.54) is 62.5 Å². The Bertz CT molecular complexity index is 748. The van der Waals surface area contributed by atoms with Gasteiger partial charge in [0.15, 0.2) is 0 Å². The van der Waals surface area contributed by atoms with Crippen LogP contribution in [0.1, 0.15) is 87.0 Å². The van der Waals surface area contributed by atoms with Gasteiger partial charge >= 0.3 is 0 Å². The molecule has 2 aromatic carbocycles. The third-order valence-corrected chi connectivity index (χ3v) is 5.95. The van der Waals surface area contributed by atoms with Crippen LogP contribution in [0.5, 0.6) is 0 Å². The van der Waals surface area contributed by atoms with Crippen molar-refractivity contribution in [3.05, 3.63) is 70.8 Å². The van der Waals surface area contributed by atoms with Crippen LogP contribution in [0.2, 0.25) is 0 Å². The standard InChI is InChI=1S/C26H34N2/c1-3-4-5-6-22-9-11-23(12-10-22)19-27-28-20-24-13-17-26(18-14-24)25-15-7-21(2)8-16-25/h9-14,17-21,25H,3-8,15-16H2,1-2H3/b27-19+,28-20+. The average molecular weight is 375 g/mol. The Morgan fingerprint density at radius 1 is 0.786 bits per heavy atom. The number of nitrogens with zero attached hydrogens (tertiary/aromatic N) is 2. The van der Waals surface area contributed by atoms with E-state index in [9.17, 15) is 0 Å². The molecular weight excluding hydrogens is 340 g/mol. The van der Waals surface area contributed by atoms with Gasteiger partial charge in [0.25, 0.3) is 0 Å². The summed E-state index contributed by atoms with van der Waals surface area (Å²) >= 11 is 0. The van der Waals surface area contributed by atoms with E-state index < -0.39 is 0 Å². The second kappa shape index (κ2) is 10.9. The molecule has 0 amide bonds. The molecule has 0 aromatic heterocycles. The molecule has 2 nitrogen and oxygen atoms in total. The SMILES string of the molecule is CCCCCc1ccc(/C=N/N=C/c2ccc(C3CCC(C)CC3)cc2)cc1. The summed E-state index contributed by atoms with van der Waals surface area (Å²) in [6.45, 7) is 4.61. The highest BCUT2D eigenvalue weighted by Crippen LogP contribution is 2.35. The smallest absolute Gasteiger partial charge is 0.0568 e. The summed E-state index contributed by atoms with van der Waals surface area (Å²) in [5, 5.41) is 8.42. The zero-order valence-corrected chi connectivity index (χ0v) is 17.5. The third-order valence-electron chi connectivity index (χ3n) is 5.95. The molecule has 1 aliphatic rings. The van der Waals surface area contributed by atoms with Crippen molar-refractivity contribution in [2.24, 2.45) is 16.1 Å². The van der Waals surface area contributed by atoms with Crippen LogP contribution >= 0.6 is 0 Å². The fourth-order valence-corrected chi connectivity index (χ4v) is 4.00. The first kappa shape index (κ1) is 20.5. The summed E-state index contributed by atoms with van der Waals surface area (Å²) in [7, 11) is 0. The second-order valence-corrected chi connectivity index (χ2v) is 8.31. The predicted octanol–water partition coefficient (Wildman–Crippen LogP) is 7.17. The number of aryl methyl sites for hydroxylation is 1. The van der Waals surface area contributed by atoms with E-state index in [2.05, 4.69) is 72.6 Å². The Balaban J connectivity index is 1.48. The van der Waals surface area contributed by atoms with E-state index in [4.69, 9.17) is 0 Å². The zero-order chi connectivity index (χ0) is 19.6. The van der Waals surface area contributed by atoms with Crippen molar-refractivity contribution >= 4 is 12.4 Å². The fourth-order valence-electron chi connectivity index (χ4n) is 4.00. The highest BCUT2D eigenvalue weighted by molar-refractivity contribution is 5.82. The number of benzene rings is 2. The van der Waals surface area contributed by atoms with Gasteiger partial charge in [0.05, 0.1) is 12.4 Å². The molecule has 2 heteroatoms. The maximum absolute atomic E-state index is 4.22. The molecule has 3 rings (SSSR count). The van der Waals surface area contributed by atoms with E-state index in [0.717, 1.165) is 23.0 Å². The van der Waals surface area contributed by atoms with Crippen molar-refractivity contribution < 1.29 is 0 Å². The topological polar surface area (TPSA) is 24.7 Å². The van der Waals surface area contributed by atoms with Crippen molar-refractivity contribution in [3.8, 4) is 0 Å². The lowest BCUT2D eigenvalue weighted by Gasteiger charge is -2.26. The fraction of sp³-hybridized carbons (Fsp3) is 0.462. The van der Waals surface area contributed by atoms with Crippen LogP contribution in [0, 0.1) is 5.92 Å². The van der Waals surface area contributed by atoms with Gasteiger partial charge in [-0.05, 0) is 59.8 Å². The van der Waals surface area contributed by atoms with Crippen molar-refractivity contribution in [2.45, 2.75) is 71.1 Å². The first-order chi connectivity index (χ1) is 13.7. The first-order valence-corrected chi connectivity index (χ1v) is 11.0. The molecule has 0 N–H and O–H groups in total. The number of unbranched alkanes of at least 4 members (excludes halogenated alkanes) is 2. The lowest BCUT2D eigenvalue weighted by molar-refractivity contribution is 0.348. The van der Waals surface area contributed by atoms with Gasteiger partial charge in [-0.3, -0.25) is 0 Å². The molecule has 0 bridgehead atoms. The molecular formula is C26H34N2. The molecule has 0 radical (unpaired) electrons. The largest absolute Gasteiger partial charge is 0.159 e. The van der Waals surface area contributed by atoms with Gasteiger partial charge in [-0.2, -0.15) is 10.2 Å². The van der Waals surface area contributed by atoms with Crippen molar-refractivity contribution in [2.75, 3.05) is 0 Å². The highest BCUT2D eigenvalue weighted by Gasteiger charge is 2.19. The van der Waals surface area contributed by atoms with Gasteiger partial charge in [-0.1, -0.05) is 88.1 Å². The van der Waals surface area contributed by atoms with Crippen LogP contribution in [0.3, 0.4) is 0 Å². The summed E-state index contributed by atoms with van der Waals surface area (Å²) in [5.41, 5.74) is 5.09. The molecule has 0 aliphatic heterocycles. The Morgan fingerprint density at radius 2 is 1.36 bits per heavy atom. The maximum Gasteiger partial charge on any atom is 0.0568 e. The van der Waals surface area contributed by atoms with Crippen molar-refractivity contribution in [1.29, 1.82) is 0 Å². The van der Waals surface area contributed by atoms with E-state index in [-0.39, 0.29) is 0 Å². The molecule has 148 valence electrons. The molecule has 28 heavy (non-hydrogen) atoms. The van der Waals surface area contributed by atoms with Crippen molar-refractivity contribution in [1.82, 2.24) is 0 Å². The molecule has 2 aromatic rings. The molecule has 1 aliphatic carbocycles. The number of rotatable bonds is 8. The minimum Gasteiger partial charge on any atom is -0.159 e. The quantitative estimate of drug-likeness (QED) is 0.266. The summed E-state index contributed by atoms with van der Waals surface area (Å²) in [4.78, 5) is 0. The van der Waals surface area contributed by atoms with Gasteiger partial charge in [0.2, 0.25) is 0 Å². The Hall–Kier alpha value is -2.22. The van der Waals surface area contributed by atoms with Gasteiger partial charge in [-0.25, -0.2) is 0 Å². The van der Waals surface area contributed by atoms with Crippen LogP contribution in [0.15, 0.2) is 58.7 Å². The van der Waals surface area contributed by atoms with Gasteiger partial charge in [0, 0.05) is 0 Å². The third kappa shape index (κ3) is 6.44. The van der Waals surface area contributed by atoms with Gasteiger partial charge in [0.1, 0.15) is 0 Å². The Kier molecular flexibility index (Phi) is 8.02. The molecule has 0 unspecified atom stereocenters. The van der Waals surface area contributed by atoms with Crippen molar-refractivity contribution in [3.63, 3.8) is 0 Å². The summed E-state index contributed by atoms with van der Waals surface area (Å²) in [5.74, 6) is 1.64. The Morgan fingerprint density at radius 3 is 1.93 bits per heavy atom. The van der Waals surface area contributed by atoms with E-state index in [0.29, 0.717) is 0 Å². The molecule has 0 heterocycles. The van der Waals surface area contributed by atoms with Crippen LogP contribution in [0.25, 0.3) is 0 Å². The normalized spacial score (nSPS) is 20.2. The monoisotopic (exact) mass is 374 g/mol. The number of hydrogen-bond acceptors (Lipinski definition) is 2. The van der Waals surface area contributed by atoms with Crippen LogP contribution in [-0.2, 0) is 6.42 Å². The zero-order valence-electron chi connectivity index (χ0n) is 17.5. The molecule has 0 saturated heterocycles. The maximum atomic E-state index is 4.22. The van der Waals surface area contributed by atoms with Gasteiger partial charge in [-0.15, -0.1) is 0 Å². The van der Waals surface area contributed by atoms with E-state index in [1.54, 1.807) is 0 Å². The minimum absolute atomic E-state index is 0.741. The lowest BCUT2D eigenvalue weighted by Crippen LogP contribution is -2.10. The van der Waals surface area contributed by atoms with Crippen LogP contribution in [0.4, 0.5) is 0 Å². The molecule has 0 spiro atoms. The molecule has 1 fully saturated rings. The number of hydrogen-bond donors (Lipinski definition) is 0. The second-order valence-electron chi connectivity index (χ2n) is 8.31. The first-order valence-electron chi connectivity index (χ1n) is 11.0. The Labute approximate surface area is 170 Å². The summed E-state index contributed by atoms with van der Waals surface area (Å²) in [6, 6.07) is 17.5. The average Bonchev–Trinajstić information content (AvgIpc) is 2.73. The minimum atomic E-state index is 0.741. The van der Waals surface area contributed by atoms with Gasteiger partial charge < -0.3 is 0 Å². The summed E-state index contributed by atoms with van der Waals surface area (Å²) < 4.78 is 0. The summed E-state index contributed by atoms with van der Waals surface area (Å²) in [6.07, 6.45) is 14.1. The highest BCUT2D eigenvalue weighted by atomic mass is 15.2. The van der Waals surface area contributed by atoms with E-state index >= 15 is 0 Å².